The van der Waals surface area contributed by atoms with Crippen molar-refractivity contribution in [3.8, 4) is 5.75 Å². The zero-order valence-electron chi connectivity index (χ0n) is 10.2. The Morgan fingerprint density at radius 2 is 2.32 bits per heavy atom. The number of benzene rings is 1. The second-order valence-electron chi connectivity index (χ2n) is 4.77. The molecule has 0 spiro atoms. The number of aromatic nitrogens is 1. The first-order valence-electron chi connectivity index (χ1n) is 5.95. The molecule has 1 aromatic carbocycles. The lowest BCUT2D eigenvalue weighted by atomic mass is 9.95. The van der Waals surface area contributed by atoms with Gasteiger partial charge in [-0.1, -0.05) is 0 Å². The molecule has 1 aliphatic rings. The van der Waals surface area contributed by atoms with E-state index in [1.165, 1.54) is 0 Å². The van der Waals surface area contributed by atoms with Gasteiger partial charge in [-0.2, -0.15) is 0 Å². The van der Waals surface area contributed by atoms with Gasteiger partial charge in [0, 0.05) is 41.2 Å². The number of aromatic amines is 1. The second kappa shape index (κ2) is 4.06. The monoisotopic (exact) mass is 280 g/mol. The quantitative estimate of drug-likeness (QED) is 0.637. The van der Waals surface area contributed by atoms with Gasteiger partial charge in [-0.25, -0.2) is 4.79 Å². The molecular weight excluding hydrogens is 268 g/mol. The number of aromatic carboxylic acids is 1. The fourth-order valence-corrected chi connectivity index (χ4v) is 3.08. The Labute approximate surface area is 114 Å². The Morgan fingerprint density at radius 1 is 1.58 bits per heavy atom. The number of halogens is 1. The van der Waals surface area contributed by atoms with E-state index in [9.17, 15) is 15.0 Å². The van der Waals surface area contributed by atoms with Crippen LogP contribution in [0.5, 0.6) is 5.75 Å². The molecule has 1 atom stereocenters. The van der Waals surface area contributed by atoms with Crippen LogP contribution in [0.4, 0.5) is 5.69 Å². The van der Waals surface area contributed by atoms with Crippen LogP contribution in [0.2, 0.25) is 0 Å². The molecule has 0 unspecified atom stereocenters. The van der Waals surface area contributed by atoms with Crippen LogP contribution in [0.1, 0.15) is 27.5 Å². The minimum absolute atomic E-state index is 0.0482. The Kier molecular flexibility index (Phi) is 2.60. The predicted octanol–water partition coefficient (Wildman–Crippen LogP) is 2.63. The number of carboxylic acids is 1. The van der Waals surface area contributed by atoms with Crippen molar-refractivity contribution in [2.75, 3.05) is 17.7 Å². The topological polar surface area (TPSA) is 85.3 Å². The van der Waals surface area contributed by atoms with Gasteiger partial charge in [0.25, 0.3) is 0 Å². The van der Waals surface area contributed by atoms with Gasteiger partial charge in [0.2, 0.25) is 0 Å². The molecule has 2 heterocycles. The first-order chi connectivity index (χ1) is 9.04. The molecule has 5 nitrogen and oxygen atoms in total. The Bertz CT molecular complexity index is 693. The maximum absolute atomic E-state index is 11.4. The summed E-state index contributed by atoms with van der Waals surface area (Å²) in [5.41, 5.74) is 2.85. The number of hydrogen-bond donors (Lipinski definition) is 4. The molecule has 2 aromatic rings. The number of carbonyl (C=O) groups is 1. The number of carboxylic acid groups (broad SMARTS) is 1. The van der Waals surface area contributed by atoms with Gasteiger partial charge >= 0.3 is 5.97 Å². The van der Waals surface area contributed by atoms with Crippen molar-refractivity contribution in [1.82, 2.24) is 4.98 Å². The molecule has 0 saturated carbocycles. The molecule has 4 N–H and O–H groups in total. The molecule has 0 fully saturated rings. The smallest absolute Gasteiger partial charge is 0.338 e. The van der Waals surface area contributed by atoms with Crippen molar-refractivity contribution in [3.63, 3.8) is 0 Å². The van der Waals surface area contributed by atoms with Crippen LogP contribution in [-0.2, 0) is 0 Å². The van der Waals surface area contributed by atoms with Crippen LogP contribution in [0.3, 0.4) is 0 Å². The lowest BCUT2D eigenvalue weighted by Crippen LogP contribution is -2.04. The summed E-state index contributed by atoms with van der Waals surface area (Å²) < 4.78 is 0. The second-order valence-corrected chi connectivity index (χ2v) is 5.08. The normalized spacial score (nSPS) is 17.5. The van der Waals surface area contributed by atoms with Crippen LogP contribution >= 0.6 is 11.6 Å². The number of H-pyrrole nitrogens is 1. The molecule has 3 rings (SSSR count). The Balaban J connectivity index is 2.46. The Morgan fingerprint density at radius 3 is 2.95 bits per heavy atom. The number of anilines is 1. The molecule has 6 heteroatoms. The number of rotatable bonds is 2. The standard InChI is InChI=1S/C13H13ClN2O3/c1-5-9(13(18)19)11-10-6(3-14)4-15-7(10)2-8(17)12(11)16-5/h2,6,15-17H,3-4H2,1H3,(H,18,19)/t6-/m1/s1. The number of nitrogens with one attached hydrogen (secondary N) is 2. The molecule has 0 aliphatic carbocycles. The summed E-state index contributed by atoms with van der Waals surface area (Å²) in [4.78, 5) is 14.4. The zero-order chi connectivity index (χ0) is 13.7. The third-order valence-electron chi connectivity index (χ3n) is 3.63. The van der Waals surface area contributed by atoms with Crippen LogP contribution < -0.4 is 5.32 Å². The van der Waals surface area contributed by atoms with Crippen LogP contribution in [0.15, 0.2) is 6.07 Å². The molecule has 1 aromatic heterocycles. The van der Waals surface area contributed by atoms with Gasteiger partial charge in [0.05, 0.1) is 11.1 Å². The van der Waals surface area contributed by atoms with Crippen molar-refractivity contribution in [2.24, 2.45) is 0 Å². The van der Waals surface area contributed by atoms with Crippen molar-refractivity contribution in [1.29, 1.82) is 0 Å². The molecule has 100 valence electrons. The minimum Gasteiger partial charge on any atom is -0.506 e. The largest absolute Gasteiger partial charge is 0.506 e. The average molecular weight is 281 g/mol. The first kappa shape index (κ1) is 12.2. The maximum atomic E-state index is 11.4. The number of phenols is 1. The van der Waals surface area contributed by atoms with Crippen molar-refractivity contribution in [2.45, 2.75) is 12.8 Å². The molecule has 0 amide bonds. The fourth-order valence-electron chi connectivity index (χ4n) is 2.81. The van der Waals surface area contributed by atoms with E-state index in [-0.39, 0.29) is 17.2 Å². The highest BCUT2D eigenvalue weighted by atomic mass is 35.5. The van der Waals surface area contributed by atoms with Crippen LogP contribution in [0.25, 0.3) is 10.9 Å². The van der Waals surface area contributed by atoms with E-state index in [0.29, 0.717) is 29.0 Å². The summed E-state index contributed by atoms with van der Waals surface area (Å²) in [6, 6.07) is 1.62. The zero-order valence-corrected chi connectivity index (χ0v) is 11.0. The van der Waals surface area contributed by atoms with Gasteiger partial charge in [-0.3, -0.25) is 0 Å². The van der Waals surface area contributed by atoms with E-state index in [2.05, 4.69) is 10.3 Å². The van der Waals surface area contributed by atoms with E-state index >= 15 is 0 Å². The third-order valence-corrected chi connectivity index (χ3v) is 4.00. The first-order valence-corrected chi connectivity index (χ1v) is 6.49. The highest BCUT2D eigenvalue weighted by Gasteiger charge is 2.30. The minimum atomic E-state index is -1.00. The molecule has 0 bridgehead atoms. The van der Waals surface area contributed by atoms with E-state index < -0.39 is 5.97 Å². The lowest BCUT2D eigenvalue weighted by Gasteiger charge is -2.09. The summed E-state index contributed by atoms with van der Waals surface area (Å²) in [7, 11) is 0. The number of aryl methyl sites for hydroxylation is 1. The highest BCUT2D eigenvalue weighted by Crippen LogP contribution is 2.44. The van der Waals surface area contributed by atoms with Gasteiger partial charge in [0.15, 0.2) is 0 Å². The highest BCUT2D eigenvalue weighted by molar-refractivity contribution is 6.19. The van der Waals surface area contributed by atoms with E-state index in [1.807, 2.05) is 0 Å². The lowest BCUT2D eigenvalue weighted by molar-refractivity contribution is 0.0698. The number of hydrogen-bond acceptors (Lipinski definition) is 3. The third kappa shape index (κ3) is 1.58. The van der Waals surface area contributed by atoms with Crippen molar-refractivity contribution in [3.05, 3.63) is 22.9 Å². The summed E-state index contributed by atoms with van der Waals surface area (Å²) in [5, 5.41) is 23.1. The Hall–Kier alpha value is -1.88. The van der Waals surface area contributed by atoms with Gasteiger partial charge in [0.1, 0.15) is 5.75 Å². The number of aromatic hydroxyl groups is 1. The molecule has 0 radical (unpaired) electrons. The number of phenolic OH excluding ortho intramolecular Hbond substituents is 1. The SMILES string of the molecule is Cc1[nH]c2c(O)cc3c(c2c1C(=O)O)[C@H](CCl)CN3. The predicted molar refractivity (Wildman–Crippen MR) is 73.6 cm³/mol. The van der Waals surface area contributed by atoms with Crippen LogP contribution in [0, 0.1) is 6.92 Å². The summed E-state index contributed by atoms with van der Waals surface area (Å²) in [6.07, 6.45) is 0. The molecule has 19 heavy (non-hydrogen) atoms. The van der Waals surface area contributed by atoms with E-state index in [4.69, 9.17) is 11.6 Å². The van der Waals surface area contributed by atoms with Gasteiger partial charge < -0.3 is 20.5 Å². The van der Waals surface area contributed by atoms with Crippen LogP contribution in [-0.4, -0.2) is 33.6 Å². The maximum Gasteiger partial charge on any atom is 0.338 e. The number of alkyl halides is 1. The van der Waals surface area contributed by atoms with E-state index in [1.54, 1.807) is 13.0 Å². The van der Waals surface area contributed by atoms with E-state index in [0.717, 1.165) is 11.3 Å². The van der Waals surface area contributed by atoms with Crippen molar-refractivity contribution < 1.29 is 15.0 Å². The number of fused-ring (bicyclic) bond motifs is 3. The molecule has 1 aliphatic heterocycles. The van der Waals surface area contributed by atoms with Crippen molar-refractivity contribution >= 4 is 34.2 Å². The summed E-state index contributed by atoms with van der Waals surface area (Å²) >= 11 is 5.95. The summed E-state index contributed by atoms with van der Waals surface area (Å²) in [6.45, 7) is 2.34. The van der Waals surface area contributed by atoms with Gasteiger partial charge in [-0.05, 0) is 12.5 Å². The molecule has 0 saturated heterocycles. The fraction of sp³-hybridized carbons (Fsp3) is 0.308. The summed E-state index contributed by atoms with van der Waals surface area (Å²) in [5.74, 6) is -0.500. The average Bonchev–Trinajstić information content (AvgIpc) is 2.89. The van der Waals surface area contributed by atoms with Gasteiger partial charge in [-0.15, -0.1) is 11.6 Å². The molecular formula is C13H13ClN2O3.